The fourth-order valence-electron chi connectivity index (χ4n) is 1.65. The number of hydrogen-bond donors (Lipinski definition) is 2. The highest BCUT2D eigenvalue weighted by Gasteiger charge is 2.13. The molecule has 0 heterocycles. The topological polar surface area (TPSA) is 55.1 Å². The van der Waals surface area contributed by atoms with E-state index in [4.69, 9.17) is 17.3 Å². The van der Waals surface area contributed by atoms with Gasteiger partial charge in [0.25, 0.3) is 5.91 Å². The van der Waals surface area contributed by atoms with E-state index in [9.17, 15) is 4.79 Å². The number of nitrogen functional groups attached to an aromatic ring is 1. The maximum atomic E-state index is 12.1. The van der Waals surface area contributed by atoms with Crippen molar-refractivity contribution in [3.63, 3.8) is 0 Å². The molecule has 19 heavy (non-hydrogen) atoms. The van der Waals surface area contributed by atoms with Gasteiger partial charge in [-0.05, 0) is 42.7 Å². The van der Waals surface area contributed by atoms with Gasteiger partial charge in [-0.2, -0.15) is 0 Å². The van der Waals surface area contributed by atoms with E-state index in [1.807, 2.05) is 30.5 Å². The first-order chi connectivity index (χ1) is 9.11. The molecule has 1 amide bonds. The molecule has 0 aromatic heterocycles. The Bertz CT molecular complexity index is 579. The van der Waals surface area contributed by atoms with Crippen LogP contribution in [0.25, 0.3) is 0 Å². The third-order valence-electron chi connectivity index (χ3n) is 2.62. The SMILES string of the molecule is CSc1ccc(NC(=O)c2c(N)cccc2Cl)cc1. The van der Waals surface area contributed by atoms with Gasteiger partial charge in [0.05, 0.1) is 10.6 Å². The molecule has 2 aromatic carbocycles. The van der Waals surface area contributed by atoms with E-state index in [-0.39, 0.29) is 5.91 Å². The molecule has 0 radical (unpaired) electrons. The molecule has 0 bridgehead atoms. The van der Waals surface area contributed by atoms with Gasteiger partial charge >= 0.3 is 0 Å². The van der Waals surface area contributed by atoms with Crippen molar-refractivity contribution in [2.24, 2.45) is 0 Å². The Balaban J connectivity index is 2.21. The molecule has 0 aliphatic carbocycles. The van der Waals surface area contributed by atoms with Gasteiger partial charge in [-0.3, -0.25) is 4.79 Å². The minimum Gasteiger partial charge on any atom is -0.398 e. The molecule has 98 valence electrons. The number of nitrogens with one attached hydrogen (secondary N) is 1. The Morgan fingerprint density at radius 2 is 1.89 bits per heavy atom. The number of carbonyl (C=O) groups excluding carboxylic acids is 1. The normalized spacial score (nSPS) is 10.2. The van der Waals surface area contributed by atoms with Gasteiger partial charge < -0.3 is 11.1 Å². The van der Waals surface area contributed by atoms with Gasteiger partial charge in [0.2, 0.25) is 0 Å². The van der Waals surface area contributed by atoms with Gasteiger partial charge in [0.15, 0.2) is 0 Å². The molecule has 2 rings (SSSR count). The molecule has 0 saturated carbocycles. The van der Waals surface area contributed by atoms with Crippen molar-refractivity contribution in [2.45, 2.75) is 4.90 Å². The Labute approximate surface area is 121 Å². The van der Waals surface area contributed by atoms with Crippen LogP contribution >= 0.6 is 23.4 Å². The Kier molecular flexibility index (Phi) is 4.35. The lowest BCUT2D eigenvalue weighted by molar-refractivity contribution is 0.102. The van der Waals surface area contributed by atoms with E-state index < -0.39 is 0 Å². The molecular weight excluding hydrogens is 280 g/mol. The number of halogens is 1. The maximum Gasteiger partial charge on any atom is 0.259 e. The number of amides is 1. The van der Waals surface area contributed by atoms with Crippen LogP contribution in [0.2, 0.25) is 5.02 Å². The summed E-state index contributed by atoms with van der Waals surface area (Å²) >= 11 is 7.64. The second kappa shape index (κ2) is 5.99. The van der Waals surface area contributed by atoms with E-state index in [1.165, 1.54) is 0 Å². The highest BCUT2D eigenvalue weighted by molar-refractivity contribution is 7.98. The second-order valence-electron chi connectivity index (χ2n) is 3.89. The van der Waals surface area contributed by atoms with Gasteiger partial charge in [-0.25, -0.2) is 0 Å². The van der Waals surface area contributed by atoms with Crippen LogP contribution in [0.4, 0.5) is 11.4 Å². The molecule has 5 heteroatoms. The van der Waals surface area contributed by atoms with Crippen LogP contribution in [0.15, 0.2) is 47.4 Å². The summed E-state index contributed by atoms with van der Waals surface area (Å²) in [6, 6.07) is 12.6. The maximum absolute atomic E-state index is 12.1. The Morgan fingerprint density at radius 1 is 1.21 bits per heavy atom. The lowest BCUT2D eigenvalue weighted by Gasteiger charge is -2.09. The lowest BCUT2D eigenvalue weighted by Crippen LogP contribution is -2.14. The third kappa shape index (κ3) is 3.22. The largest absolute Gasteiger partial charge is 0.398 e. The first kappa shape index (κ1) is 13.8. The molecule has 0 atom stereocenters. The van der Waals surface area contributed by atoms with E-state index >= 15 is 0 Å². The first-order valence-corrected chi connectivity index (χ1v) is 7.21. The van der Waals surface area contributed by atoms with Gasteiger partial charge in [0, 0.05) is 16.3 Å². The molecule has 0 saturated heterocycles. The van der Waals surface area contributed by atoms with Crippen molar-refractivity contribution in [2.75, 3.05) is 17.3 Å². The lowest BCUT2D eigenvalue weighted by atomic mass is 10.1. The number of thioether (sulfide) groups is 1. The van der Waals surface area contributed by atoms with Gasteiger partial charge in [0.1, 0.15) is 0 Å². The van der Waals surface area contributed by atoms with Crippen molar-refractivity contribution >= 4 is 40.6 Å². The Hall–Kier alpha value is -1.65. The molecule has 0 aliphatic heterocycles. The number of anilines is 2. The zero-order chi connectivity index (χ0) is 13.8. The minimum absolute atomic E-state index is 0.304. The molecule has 0 spiro atoms. The predicted octanol–water partition coefficient (Wildman–Crippen LogP) is 3.90. The molecule has 0 aliphatic rings. The summed E-state index contributed by atoms with van der Waals surface area (Å²) < 4.78 is 0. The summed E-state index contributed by atoms with van der Waals surface area (Å²) in [6.07, 6.45) is 2.00. The molecule has 2 aromatic rings. The van der Waals surface area contributed by atoms with Crippen LogP contribution < -0.4 is 11.1 Å². The molecule has 0 unspecified atom stereocenters. The number of nitrogens with two attached hydrogens (primary N) is 1. The van der Waals surface area contributed by atoms with Crippen molar-refractivity contribution in [3.8, 4) is 0 Å². The van der Waals surface area contributed by atoms with E-state index in [0.29, 0.717) is 22.0 Å². The standard InChI is InChI=1S/C14H13ClN2OS/c1-19-10-7-5-9(6-8-10)17-14(18)13-11(15)3-2-4-12(13)16/h2-8H,16H2,1H3,(H,17,18). The van der Waals surface area contributed by atoms with Gasteiger partial charge in [-0.15, -0.1) is 11.8 Å². The van der Waals surface area contributed by atoms with Gasteiger partial charge in [-0.1, -0.05) is 17.7 Å². The van der Waals surface area contributed by atoms with Crippen LogP contribution in [0.3, 0.4) is 0 Å². The van der Waals surface area contributed by atoms with Crippen LogP contribution in [0.1, 0.15) is 10.4 Å². The zero-order valence-corrected chi connectivity index (χ0v) is 11.9. The van der Waals surface area contributed by atoms with E-state index in [0.717, 1.165) is 4.90 Å². The smallest absolute Gasteiger partial charge is 0.259 e. The van der Waals surface area contributed by atoms with Crippen LogP contribution in [-0.2, 0) is 0 Å². The molecule has 0 fully saturated rings. The minimum atomic E-state index is -0.306. The predicted molar refractivity (Wildman–Crippen MR) is 82.0 cm³/mol. The summed E-state index contributed by atoms with van der Waals surface area (Å²) in [5.41, 5.74) is 7.15. The zero-order valence-electron chi connectivity index (χ0n) is 10.3. The Morgan fingerprint density at radius 3 is 2.47 bits per heavy atom. The summed E-state index contributed by atoms with van der Waals surface area (Å²) in [7, 11) is 0. The average Bonchev–Trinajstić information content (AvgIpc) is 2.39. The number of hydrogen-bond acceptors (Lipinski definition) is 3. The molecular formula is C14H13ClN2OS. The van der Waals surface area contributed by atoms with E-state index in [2.05, 4.69) is 5.32 Å². The summed E-state index contributed by atoms with van der Waals surface area (Å²) in [6.45, 7) is 0. The van der Waals surface area contributed by atoms with Crippen LogP contribution in [-0.4, -0.2) is 12.2 Å². The number of carbonyl (C=O) groups is 1. The summed E-state index contributed by atoms with van der Waals surface area (Å²) in [5.74, 6) is -0.306. The summed E-state index contributed by atoms with van der Waals surface area (Å²) in [5, 5.41) is 3.12. The average molecular weight is 293 g/mol. The summed E-state index contributed by atoms with van der Waals surface area (Å²) in [4.78, 5) is 13.3. The van der Waals surface area contributed by atoms with Crippen molar-refractivity contribution in [3.05, 3.63) is 53.1 Å². The van der Waals surface area contributed by atoms with Crippen LogP contribution in [0, 0.1) is 0 Å². The monoisotopic (exact) mass is 292 g/mol. The second-order valence-corrected chi connectivity index (χ2v) is 5.17. The van der Waals surface area contributed by atoms with Crippen molar-refractivity contribution in [1.29, 1.82) is 0 Å². The third-order valence-corrected chi connectivity index (χ3v) is 3.68. The highest BCUT2D eigenvalue weighted by Crippen LogP contribution is 2.24. The fourth-order valence-corrected chi connectivity index (χ4v) is 2.32. The molecule has 3 N–H and O–H groups in total. The van der Waals surface area contributed by atoms with Crippen molar-refractivity contribution < 1.29 is 4.79 Å². The number of benzene rings is 2. The van der Waals surface area contributed by atoms with E-state index in [1.54, 1.807) is 30.0 Å². The number of rotatable bonds is 3. The quantitative estimate of drug-likeness (QED) is 0.666. The fraction of sp³-hybridized carbons (Fsp3) is 0.0714. The van der Waals surface area contributed by atoms with Crippen LogP contribution in [0.5, 0.6) is 0 Å². The van der Waals surface area contributed by atoms with Crippen molar-refractivity contribution in [1.82, 2.24) is 0 Å². The molecule has 3 nitrogen and oxygen atoms in total. The first-order valence-electron chi connectivity index (χ1n) is 5.61. The highest BCUT2D eigenvalue weighted by atomic mass is 35.5.